The summed E-state index contributed by atoms with van der Waals surface area (Å²) < 4.78 is 7.73. The van der Waals surface area contributed by atoms with Crippen molar-refractivity contribution in [2.45, 2.75) is 44.7 Å². The zero-order chi connectivity index (χ0) is 26.2. The van der Waals surface area contributed by atoms with E-state index in [0.29, 0.717) is 47.7 Å². The Morgan fingerprint density at radius 1 is 1.11 bits per heavy atom. The molecule has 1 aromatic heterocycles. The Bertz CT molecular complexity index is 1450. The summed E-state index contributed by atoms with van der Waals surface area (Å²) in [5.74, 6) is 7.22. The fourth-order valence-electron chi connectivity index (χ4n) is 5.54. The molecule has 0 spiro atoms. The standard InChI is InChI=1S/C30H29ClN4O3/c1-33-24-17-21(12-11-20-7-5-6-8-20)13-14-26(24)38-19-25(29(33)36)34-16-15-23-27(30(34)37)32-35(28(23)31)18-22-9-3-2-4-10-22/h2-4,9-10,13-14,17,20,25H,5-8,15-16,18-19H2,1H3. The third kappa shape index (κ3) is 4.54. The van der Waals surface area contributed by atoms with Gasteiger partial charge in [-0.15, -0.1) is 0 Å². The SMILES string of the molecule is CN1C(=O)C(N2CCc3c(nn(Cc4ccccc4)c3Cl)C2=O)COc2ccc(C#CC3CCCC3)cc21. The van der Waals surface area contributed by atoms with Crippen LogP contribution >= 0.6 is 11.6 Å². The van der Waals surface area contributed by atoms with E-state index in [9.17, 15) is 9.59 Å². The van der Waals surface area contributed by atoms with Gasteiger partial charge in [0.05, 0.1) is 12.2 Å². The Kier molecular flexibility index (Phi) is 6.59. The van der Waals surface area contributed by atoms with Crippen LogP contribution in [0.5, 0.6) is 5.75 Å². The van der Waals surface area contributed by atoms with Crippen LogP contribution in [-0.4, -0.2) is 52.7 Å². The lowest BCUT2D eigenvalue weighted by Crippen LogP contribution is -2.54. The Morgan fingerprint density at radius 2 is 1.89 bits per heavy atom. The van der Waals surface area contributed by atoms with Gasteiger partial charge in [0.25, 0.3) is 11.8 Å². The van der Waals surface area contributed by atoms with E-state index in [1.54, 1.807) is 21.5 Å². The van der Waals surface area contributed by atoms with Gasteiger partial charge in [-0.1, -0.05) is 66.6 Å². The molecule has 7 nitrogen and oxygen atoms in total. The maximum atomic E-state index is 13.6. The lowest BCUT2D eigenvalue weighted by Gasteiger charge is -2.33. The van der Waals surface area contributed by atoms with Gasteiger partial charge in [0, 0.05) is 30.6 Å². The second kappa shape index (κ2) is 10.2. The van der Waals surface area contributed by atoms with Gasteiger partial charge < -0.3 is 14.5 Å². The van der Waals surface area contributed by atoms with Gasteiger partial charge in [-0.25, -0.2) is 4.68 Å². The van der Waals surface area contributed by atoms with E-state index in [0.717, 1.165) is 29.5 Å². The van der Waals surface area contributed by atoms with Crippen LogP contribution in [0.1, 0.15) is 52.9 Å². The maximum absolute atomic E-state index is 13.6. The van der Waals surface area contributed by atoms with Gasteiger partial charge >= 0.3 is 0 Å². The van der Waals surface area contributed by atoms with Crippen LogP contribution in [0.3, 0.4) is 0 Å². The fourth-order valence-corrected chi connectivity index (χ4v) is 5.82. The molecule has 2 amide bonds. The number of likely N-dealkylation sites (N-methyl/N-ethyl adjacent to an activating group) is 1. The number of aromatic nitrogens is 2. The third-order valence-electron chi connectivity index (χ3n) is 7.71. The summed E-state index contributed by atoms with van der Waals surface area (Å²) >= 11 is 6.63. The molecule has 2 aliphatic heterocycles. The number of fused-ring (bicyclic) bond motifs is 2. The molecule has 194 valence electrons. The lowest BCUT2D eigenvalue weighted by atomic mass is 10.0. The van der Waals surface area contributed by atoms with Crippen molar-refractivity contribution in [1.82, 2.24) is 14.7 Å². The van der Waals surface area contributed by atoms with Crippen molar-refractivity contribution >= 4 is 29.1 Å². The van der Waals surface area contributed by atoms with Crippen molar-refractivity contribution in [2.24, 2.45) is 5.92 Å². The van der Waals surface area contributed by atoms with E-state index in [-0.39, 0.29) is 18.4 Å². The molecule has 3 aromatic rings. The van der Waals surface area contributed by atoms with Crippen molar-refractivity contribution in [1.29, 1.82) is 0 Å². The van der Waals surface area contributed by atoms with Crippen molar-refractivity contribution in [3.63, 3.8) is 0 Å². The van der Waals surface area contributed by atoms with Crippen molar-refractivity contribution < 1.29 is 14.3 Å². The first-order valence-corrected chi connectivity index (χ1v) is 13.5. The van der Waals surface area contributed by atoms with Gasteiger partial charge in [-0.2, -0.15) is 5.10 Å². The van der Waals surface area contributed by atoms with Crippen LogP contribution in [0.2, 0.25) is 5.15 Å². The number of anilines is 1. The number of hydrogen-bond donors (Lipinski definition) is 0. The summed E-state index contributed by atoms with van der Waals surface area (Å²) in [6.07, 6.45) is 5.32. The highest BCUT2D eigenvalue weighted by Gasteiger charge is 2.40. The number of halogens is 1. The van der Waals surface area contributed by atoms with Gasteiger partial charge in [0.1, 0.15) is 23.6 Å². The topological polar surface area (TPSA) is 67.7 Å². The van der Waals surface area contributed by atoms with E-state index in [1.165, 1.54) is 12.8 Å². The summed E-state index contributed by atoms with van der Waals surface area (Å²) in [5, 5.41) is 5.02. The Hall–Kier alpha value is -3.76. The monoisotopic (exact) mass is 528 g/mol. The molecule has 1 saturated carbocycles. The second-order valence-corrected chi connectivity index (χ2v) is 10.5. The van der Waals surface area contributed by atoms with Gasteiger partial charge in [0.2, 0.25) is 0 Å². The predicted octanol–water partition coefficient (Wildman–Crippen LogP) is 4.55. The molecule has 1 atom stereocenters. The summed E-state index contributed by atoms with van der Waals surface area (Å²) in [7, 11) is 1.72. The van der Waals surface area contributed by atoms with E-state index in [1.807, 2.05) is 48.5 Å². The highest BCUT2D eigenvalue weighted by Crippen LogP contribution is 2.34. The molecule has 3 heterocycles. The van der Waals surface area contributed by atoms with Crippen LogP contribution in [0, 0.1) is 17.8 Å². The number of benzene rings is 2. The first-order valence-electron chi connectivity index (χ1n) is 13.2. The minimum Gasteiger partial charge on any atom is -0.489 e. The van der Waals surface area contributed by atoms with Crippen LogP contribution in [0.25, 0.3) is 0 Å². The number of carbonyl (C=O) groups is 2. The van der Waals surface area contributed by atoms with E-state index in [4.69, 9.17) is 16.3 Å². The minimum absolute atomic E-state index is 0.0722. The maximum Gasteiger partial charge on any atom is 0.275 e. The average molecular weight is 529 g/mol. The molecule has 1 aliphatic carbocycles. The molecule has 0 saturated heterocycles. The Morgan fingerprint density at radius 3 is 2.68 bits per heavy atom. The molecule has 1 fully saturated rings. The molecule has 3 aliphatic rings. The zero-order valence-corrected chi connectivity index (χ0v) is 22.1. The summed E-state index contributed by atoms with van der Waals surface area (Å²) in [6, 6.07) is 14.8. The van der Waals surface area contributed by atoms with Gasteiger partial charge in [-0.3, -0.25) is 9.59 Å². The lowest BCUT2D eigenvalue weighted by molar-refractivity contribution is -0.123. The summed E-state index contributed by atoms with van der Waals surface area (Å²) in [5.41, 5.74) is 3.59. The largest absolute Gasteiger partial charge is 0.489 e. The molecule has 0 bridgehead atoms. The zero-order valence-electron chi connectivity index (χ0n) is 21.3. The molecule has 6 rings (SSSR count). The number of amides is 2. The summed E-state index contributed by atoms with van der Waals surface area (Å²) in [4.78, 5) is 30.4. The molecule has 38 heavy (non-hydrogen) atoms. The van der Waals surface area contributed by atoms with Crippen LogP contribution < -0.4 is 9.64 Å². The quantitative estimate of drug-likeness (QED) is 0.468. The first kappa shape index (κ1) is 24.6. The van der Waals surface area contributed by atoms with Crippen LogP contribution in [0.4, 0.5) is 5.69 Å². The molecule has 2 aromatic carbocycles. The second-order valence-electron chi connectivity index (χ2n) is 10.2. The van der Waals surface area contributed by atoms with Gasteiger partial charge in [0.15, 0.2) is 5.69 Å². The van der Waals surface area contributed by atoms with Crippen molar-refractivity contribution in [3.05, 3.63) is 76.1 Å². The number of hydrogen-bond acceptors (Lipinski definition) is 4. The number of nitrogens with zero attached hydrogens (tertiary/aromatic N) is 4. The highest BCUT2D eigenvalue weighted by atomic mass is 35.5. The first-order chi connectivity index (χ1) is 18.5. The number of rotatable bonds is 3. The predicted molar refractivity (Wildman–Crippen MR) is 145 cm³/mol. The Balaban J connectivity index is 1.22. The molecule has 0 radical (unpaired) electrons. The van der Waals surface area contributed by atoms with Crippen LogP contribution in [-0.2, 0) is 17.8 Å². The fraction of sp³-hybridized carbons (Fsp3) is 0.367. The smallest absolute Gasteiger partial charge is 0.275 e. The van der Waals surface area contributed by atoms with Crippen LogP contribution in [0.15, 0.2) is 48.5 Å². The highest BCUT2D eigenvalue weighted by molar-refractivity contribution is 6.31. The third-order valence-corrected chi connectivity index (χ3v) is 8.13. The molecular weight excluding hydrogens is 500 g/mol. The van der Waals surface area contributed by atoms with E-state index < -0.39 is 6.04 Å². The van der Waals surface area contributed by atoms with Crippen molar-refractivity contribution in [2.75, 3.05) is 25.1 Å². The minimum atomic E-state index is -0.765. The molecule has 8 heteroatoms. The Labute approximate surface area is 227 Å². The van der Waals surface area contributed by atoms with Crippen molar-refractivity contribution in [3.8, 4) is 17.6 Å². The van der Waals surface area contributed by atoms with E-state index in [2.05, 4.69) is 16.9 Å². The molecule has 1 unspecified atom stereocenters. The molecular formula is C30H29ClN4O3. The molecule has 0 N–H and O–H groups in total. The number of ether oxygens (including phenoxy) is 1. The summed E-state index contributed by atoms with van der Waals surface area (Å²) in [6.45, 7) is 0.906. The normalized spacial score (nSPS) is 19.4. The van der Waals surface area contributed by atoms with E-state index >= 15 is 0 Å². The van der Waals surface area contributed by atoms with Gasteiger partial charge in [-0.05, 0) is 43.0 Å². The average Bonchev–Trinajstić information content (AvgIpc) is 3.55. The number of carbonyl (C=O) groups excluding carboxylic acids is 2.